The lowest BCUT2D eigenvalue weighted by Gasteiger charge is -2.17. The second-order valence-electron chi connectivity index (χ2n) is 8.00. The van der Waals surface area contributed by atoms with Gasteiger partial charge in [0.15, 0.2) is 11.9 Å². The Bertz CT molecular complexity index is 1370. The second-order valence-corrected chi connectivity index (χ2v) is 8.44. The zero-order valence-electron chi connectivity index (χ0n) is 18.4. The van der Waals surface area contributed by atoms with Crippen LogP contribution in [0.25, 0.3) is 21.8 Å². The van der Waals surface area contributed by atoms with Crippen LogP contribution in [0.4, 0.5) is 0 Å². The molecule has 0 N–H and O–H groups in total. The first-order valence-corrected chi connectivity index (χ1v) is 11.5. The summed E-state index contributed by atoms with van der Waals surface area (Å²) in [7, 11) is 0. The highest BCUT2D eigenvalue weighted by Crippen LogP contribution is 2.27. The number of fused-ring (bicyclic) bond motifs is 2. The van der Waals surface area contributed by atoms with Crippen molar-refractivity contribution in [1.82, 2.24) is 9.55 Å². The van der Waals surface area contributed by atoms with E-state index in [9.17, 15) is 0 Å². The molecule has 33 heavy (non-hydrogen) atoms. The molecule has 0 spiro atoms. The number of ether oxygens (including phenoxy) is 2. The molecule has 5 heteroatoms. The zero-order chi connectivity index (χ0) is 22.6. The number of halogens is 1. The summed E-state index contributed by atoms with van der Waals surface area (Å²) in [6.45, 7) is 3.43. The SMILES string of the molecule is CC(Oc1ccc(Cl)cc1)c1nc2ccccc2n1CCCOc1cccc2ccccc12. The van der Waals surface area contributed by atoms with Gasteiger partial charge in [0, 0.05) is 17.0 Å². The molecule has 1 atom stereocenters. The largest absolute Gasteiger partial charge is 0.493 e. The Morgan fingerprint density at radius 1 is 0.879 bits per heavy atom. The molecule has 4 aromatic carbocycles. The van der Waals surface area contributed by atoms with Crippen molar-refractivity contribution in [2.45, 2.75) is 26.0 Å². The van der Waals surface area contributed by atoms with E-state index in [2.05, 4.69) is 28.8 Å². The van der Waals surface area contributed by atoms with Gasteiger partial charge in [0.25, 0.3) is 0 Å². The van der Waals surface area contributed by atoms with Crippen molar-refractivity contribution in [3.8, 4) is 11.5 Å². The Kier molecular flexibility index (Phi) is 6.18. The van der Waals surface area contributed by atoms with Crippen LogP contribution in [0.1, 0.15) is 25.3 Å². The summed E-state index contributed by atoms with van der Waals surface area (Å²) in [6.07, 6.45) is 0.641. The Morgan fingerprint density at radius 2 is 1.64 bits per heavy atom. The van der Waals surface area contributed by atoms with Crippen LogP contribution < -0.4 is 9.47 Å². The van der Waals surface area contributed by atoms with Gasteiger partial charge < -0.3 is 14.0 Å². The molecule has 0 bridgehead atoms. The Hall–Kier alpha value is -3.50. The predicted molar refractivity (Wildman–Crippen MR) is 134 cm³/mol. The molecular formula is C28H25ClN2O2. The quantitative estimate of drug-likeness (QED) is 0.227. The van der Waals surface area contributed by atoms with Crippen LogP contribution in [0.3, 0.4) is 0 Å². The topological polar surface area (TPSA) is 36.3 Å². The number of para-hydroxylation sites is 2. The summed E-state index contributed by atoms with van der Waals surface area (Å²) < 4.78 is 14.6. The minimum absolute atomic E-state index is 0.211. The minimum Gasteiger partial charge on any atom is -0.493 e. The van der Waals surface area contributed by atoms with E-state index < -0.39 is 0 Å². The van der Waals surface area contributed by atoms with Gasteiger partial charge in [0.05, 0.1) is 17.6 Å². The fourth-order valence-corrected chi connectivity index (χ4v) is 4.26. The van der Waals surface area contributed by atoms with E-state index in [4.69, 9.17) is 26.1 Å². The molecule has 0 radical (unpaired) electrons. The van der Waals surface area contributed by atoms with Gasteiger partial charge in [-0.1, -0.05) is 60.1 Å². The fourth-order valence-electron chi connectivity index (χ4n) is 4.14. The minimum atomic E-state index is -0.211. The molecule has 0 amide bonds. The summed E-state index contributed by atoms with van der Waals surface area (Å²) >= 11 is 6.01. The Morgan fingerprint density at radius 3 is 2.52 bits per heavy atom. The molecule has 1 aromatic heterocycles. The van der Waals surface area contributed by atoms with Crippen LogP contribution >= 0.6 is 11.6 Å². The highest BCUT2D eigenvalue weighted by atomic mass is 35.5. The lowest BCUT2D eigenvalue weighted by atomic mass is 10.1. The van der Waals surface area contributed by atoms with Gasteiger partial charge in [-0.15, -0.1) is 0 Å². The first-order chi connectivity index (χ1) is 16.2. The number of hydrogen-bond acceptors (Lipinski definition) is 3. The second kappa shape index (κ2) is 9.55. The number of imidazole rings is 1. The number of benzene rings is 4. The molecule has 166 valence electrons. The van der Waals surface area contributed by atoms with Gasteiger partial charge in [0.2, 0.25) is 0 Å². The van der Waals surface area contributed by atoms with E-state index in [0.717, 1.165) is 46.7 Å². The van der Waals surface area contributed by atoms with Crippen LogP contribution in [-0.4, -0.2) is 16.2 Å². The van der Waals surface area contributed by atoms with Crippen molar-refractivity contribution in [2.24, 2.45) is 0 Å². The molecule has 1 heterocycles. The van der Waals surface area contributed by atoms with Crippen LogP contribution in [0.5, 0.6) is 11.5 Å². The fraction of sp³-hybridized carbons (Fsp3) is 0.179. The molecule has 0 aliphatic carbocycles. The number of hydrogen-bond donors (Lipinski definition) is 0. The van der Waals surface area contributed by atoms with E-state index in [0.29, 0.717) is 11.6 Å². The normalized spacial score (nSPS) is 12.2. The van der Waals surface area contributed by atoms with Gasteiger partial charge in [-0.3, -0.25) is 0 Å². The molecule has 0 aliphatic rings. The highest BCUT2D eigenvalue weighted by molar-refractivity contribution is 6.30. The molecule has 0 fully saturated rings. The molecule has 5 rings (SSSR count). The van der Waals surface area contributed by atoms with Crippen molar-refractivity contribution in [1.29, 1.82) is 0 Å². The number of aromatic nitrogens is 2. The van der Waals surface area contributed by atoms with Gasteiger partial charge in [-0.05, 0) is 61.2 Å². The maximum Gasteiger partial charge on any atom is 0.153 e. The standard InChI is InChI=1S/C28H25ClN2O2/c1-20(33-23-16-14-22(29)15-17-23)28-30-25-11-4-5-12-26(25)31(28)18-7-19-32-27-13-6-9-21-8-2-3-10-24(21)27/h2-6,8-17,20H,7,18-19H2,1H3. The summed E-state index contributed by atoms with van der Waals surface area (Å²) in [5, 5.41) is 3.01. The van der Waals surface area contributed by atoms with E-state index in [1.807, 2.05) is 73.7 Å². The summed E-state index contributed by atoms with van der Waals surface area (Å²) in [4.78, 5) is 4.88. The monoisotopic (exact) mass is 456 g/mol. The number of rotatable bonds is 8. The van der Waals surface area contributed by atoms with E-state index in [-0.39, 0.29) is 6.10 Å². The summed E-state index contributed by atoms with van der Waals surface area (Å²) in [6, 6.07) is 30.1. The third-order valence-electron chi connectivity index (χ3n) is 5.71. The molecule has 1 unspecified atom stereocenters. The van der Waals surface area contributed by atoms with E-state index >= 15 is 0 Å². The van der Waals surface area contributed by atoms with Crippen LogP contribution in [0.15, 0.2) is 91.0 Å². The van der Waals surface area contributed by atoms with Gasteiger partial charge in [-0.2, -0.15) is 0 Å². The maximum atomic E-state index is 6.18. The zero-order valence-corrected chi connectivity index (χ0v) is 19.2. The Labute approximate surface area is 198 Å². The van der Waals surface area contributed by atoms with Crippen LogP contribution in [-0.2, 0) is 6.54 Å². The number of aryl methyl sites for hydroxylation is 1. The molecule has 0 saturated heterocycles. The molecule has 0 aliphatic heterocycles. The lowest BCUT2D eigenvalue weighted by molar-refractivity contribution is 0.210. The van der Waals surface area contributed by atoms with Gasteiger partial charge in [0.1, 0.15) is 11.5 Å². The van der Waals surface area contributed by atoms with Crippen molar-refractivity contribution >= 4 is 33.4 Å². The van der Waals surface area contributed by atoms with Crippen molar-refractivity contribution < 1.29 is 9.47 Å². The molecular weight excluding hydrogens is 432 g/mol. The first kappa shape index (κ1) is 21.4. The van der Waals surface area contributed by atoms with Crippen LogP contribution in [0.2, 0.25) is 5.02 Å². The smallest absolute Gasteiger partial charge is 0.153 e. The van der Waals surface area contributed by atoms with Gasteiger partial charge >= 0.3 is 0 Å². The van der Waals surface area contributed by atoms with Crippen molar-refractivity contribution in [2.75, 3.05) is 6.61 Å². The van der Waals surface area contributed by atoms with E-state index in [1.165, 1.54) is 5.39 Å². The van der Waals surface area contributed by atoms with Gasteiger partial charge in [-0.25, -0.2) is 4.98 Å². The molecule has 4 nitrogen and oxygen atoms in total. The third-order valence-corrected chi connectivity index (χ3v) is 5.96. The molecule has 0 saturated carbocycles. The summed E-state index contributed by atoms with van der Waals surface area (Å²) in [5.74, 6) is 2.59. The third kappa shape index (κ3) is 4.67. The van der Waals surface area contributed by atoms with E-state index in [1.54, 1.807) is 0 Å². The van der Waals surface area contributed by atoms with Crippen molar-refractivity contribution in [3.05, 3.63) is 102 Å². The Balaban J connectivity index is 1.32. The summed E-state index contributed by atoms with van der Waals surface area (Å²) in [5.41, 5.74) is 2.07. The average molecular weight is 457 g/mol. The predicted octanol–water partition coefficient (Wildman–Crippen LogP) is 7.45. The average Bonchev–Trinajstić information content (AvgIpc) is 3.22. The molecule has 5 aromatic rings. The van der Waals surface area contributed by atoms with Crippen LogP contribution in [0, 0.1) is 0 Å². The first-order valence-electron chi connectivity index (χ1n) is 11.2. The highest BCUT2D eigenvalue weighted by Gasteiger charge is 2.18. The van der Waals surface area contributed by atoms with Crippen molar-refractivity contribution in [3.63, 3.8) is 0 Å². The lowest BCUT2D eigenvalue weighted by Crippen LogP contribution is -2.13. The number of nitrogens with zero attached hydrogens (tertiary/aromatic N) is 2. The maximum absolute atomic E-state index is 6.18.